The maximum absolute atomic E-state index is 13.5. The third kappa shape index (κ3) is 7.03. The maximum atomic E-state index is 13.5. The van der Waals surface area contributed by atoms with Gasteiger partial charge in [0.15, 0.2) is 11.6 Å². The van der Waals surface area contributed by atoms with Crippen LogP contribution in [0.25, 0.3) is 0 Å². The van der Waals surface area contributed by atoms with Crippen molar-refractivity contribution in [3.63, 3.8) is 0 Å². The van der Waals surface area contributed by atoms with Gasteiger partial charge in [-0.05, 0) is 36.2 Å². The lowest BCUT2D eigenvalue weighted by Gasteiger charge is -2.27. The molecule has 172 valence electrons. The van der Waals surface area contributed by atoms with Crippen LogP contribution < -0.4 is 5.32 Å². The Morgan fingerprint density at radius 3 is 2.45 bits per heavy atom. The van der Waals surface area contributed by atoms with Crippen LogP contribution in [0.15, 0.2) is 84.0 Å². The summed E-state index contributed by atoms with van der Waals surface area (Å²) < 4.78 is 32.0. The van der Waals surface area contributed by atoms with Crippen LogP contribution in [-0.2, 0) is 17.8 Å². The Kier molecular flexibility index (Phi) is 8.35. The van der Waals surface area contributed by atoms with Gasteiger partial charge in [-0.1, -0.05) is 36.4 Å². The number of hydrogen-bond donors (Lipinski definition) is 1. The lowest BCUT2D eigenvalue weighted by atomic mass is 10.1. The molecule has 0 spiro atoms. The minimum Gasteiger partial charge on any atom is -0.467 e. The number of nitrogens with zero attached hydrogens (tertiary/aromatic N) is 2. The van der Waals surface area contributed by atoms with Crippen LogP contribution in [-0.4, -0.2) is 41.4 Å². The lowest BCUT2D eigenvalue weighted by molar-refractivity contribution is -0.132. The van der Waals surface area contributed by atoms with Crippen LogP contribution in [0.5, 0.6) is 0 Å². The molecule has 0 unspecified atom stereocenters. The molecule has 0 aliphatic heterocycles. The fourth-order valence-corrected chi connectivity index (χ4v) is 3.21. The minimum absolute atomic E-state index is 0.0805. The van der Waals surface area contributed by atoms with Crippen molar-refractivity contribution in [3.8, 4) is 0 Å². The van der Waals surface area contributed by atoms with E-state index in [-0.39, 0.29) is 31.2 Å². The first-order valence-electron chi connectivity index (χ1n) is 10.4. The molecule has 0 fully saturated rings. The lowest BCUT2D eigenvalue weighted by Crippen LogP contribution is -2.44. The highest BCUT2D eigenvalue weighted by atomic mass is 19.2. The standard InChI is InChI=1S/C25H25F2N3O3/c1-2-13-30(25(32)28-20-10-11-22(26)23(27)16-20)18-24(31)29(17-21-9-6-15-33-21)14-12-19-7-4-3-5-8-19/h2-11,15-16H,1,12-14,17-18H2,(H,28,32). The highest BCUT2D eigenvalue weighted by molar-refractivity contribution is 5.92. The van der Waals surface area contributed by atoms with Crippen LogP contribution >= 0.6 is 0 Å². The molecule has 33 heavy (non-hydrogen) atoms. The number of halogens is 2. The van der Waals surface area contributed by atoms with Gasteiger partial charge in [-0.3, -0.25) is 4.79 Å². The zero-order chi connectivity index (χ0) is 23.6. The summed E-state index contributed by atoms with van der Waals surface area (Å²) in [5.41, 5.74) is 1.16. The van der Waals surface area contributed by atoms with Gasteiger partial charge in [-0.15, -0.1) is 6.58 Å². The smallest absolute Gasteiger partial charge is 0.322 e. The van der Waals surface area contributed by atoms with E-state index in [1.165, 1.54) is 23.3 Å². The second-order valence-electron chi connectivity index (χ2n) is 7.36. The summed E-state index contributed by atoms with van der Waals surface area (Å²) in [5, 5.41) is 2.49. The summed E-state index contributed by atoms with van der Waals surface area (Å²) in [6.45, 7) is 4.18. The predicted molar refractivity (Wildman–Crippen MR) is 121 cm³/mol. The first kappa shape index (κ1) is 23.7. The Labute approximate surface area is 191 Å². The largest absolute Gasteiger partial charge is 0.467 e. The molecule has 0 atom stereocenters. The van der Waals surface area contributed by atoms with Gasteiger partial charge in [0.05, 0.1) is 12.8 Å². The van der Waals surface area contributed by atoms with Crippen LogP contribution in [0.3, 0.4) is 0 Å². The van der Waals surface area contributed by atoms with Gasteiger partial charge < -0.3 is 19.5 Å². The van der Waals surface area contributed by atoms with E-state index in [2.05, 4.69) is 11.9 Å². The van der Waals surface area contributed by atoms with Gasteiger partial charge in [0.1, 0.15) is 12.3 Å². The maximum Gasteiger partial charge on any atom is 0.322 e. The van der Waals surface area contributed by atoms with E-state index in [1.807, 2.05) is 30.3 Å². The Balaban J connectivity index is 1.69. The van der Waals surface area contributed by atoms with Crippen molar-refractivity contribution in [2.45, 2.75) is 13.0 Å². The first-order valence-corrected chi connectivity index (χ1v) is 10.4. The molecule has 1 heterocycles. The normalized spacial score (nSPS) is 10.5. The molecule has 3 aromatic rings. The van der Waals surface area contributed by atoms with Crippen molar-refractivity contribution in [1.29, 1.82) is 0 Å². The van der Waals surface area contributed by atoms with Crippen LogP contribution in [0.2, 0.25) is 0 Å². The van der Waals surface area contributed by atoms with Gasteiger partial charge in [0.25, 0.3) is 0 Å². The van der Waals surface area contributed by atoms with Gasteiger partial charge in [0, 0.05) is 24.8 Å². The number of rotatable bonds is 10. The van der Waals surface area contributed by atoms with E-state index in [4.69, 9.17) is 4.42 Å². The Hall–Kier alpha value is -3.94. The second-order valence-corrected chi connectivity index (χ2v) is 7.36. The summed E-state index contributed by atoms with van der Waals surface area (Å²) in [6, 6.07) is 15.7. The minimum atomic E-state index is -1.08. The molecule has 1 aromatic heterocycles. The highest BCUT2D eigenvalue weighted by Gasteiger charge is 2.22. The number of carbonyl (C=O) groups is 2. The number of anilines is 1. The number of hydrogen-bond acceptors (Lipinski definition) is 3. The molecule has 0 bridgehead atoms. The van der Waals surface area contributed by atoms with Crippen molar-refractivity contribution in [2.24, 2.45) is 0 Å². The number of benzene rings is 2. The molecule has 0 aliphatic carbocycles. The molecule has 8 heteroatoms. The fraction of sp³-hybridized carbons (Fsp3) is 0.200. The molecule has 0 saturated heterocycles. The Morgan fingerprint density at radius 2 is 1.79 bits per heavy atom. The Bertz CT molecular complexity index is 1070. The number of nitrogens with one attached hydrogen (secondary N) is 1. The molecule has 1 N–H and O–H groups in total. The van der Waals surface area contributed by atoms with E-state index in [0.29, 0.717) is 18.7 Å². The topological polar surface area (TPSA) is 65.8 Å². The molecule has 3 amide bonds. The van der Waals surface area contributed by atoms with Crippen LogP contribution in [0.4, 0.5) is 19.3 Å². The van der Waals surface area contributed by atoms with Crippen molar-refractivity contribution in [3.05, 3.63) is 103 Å². The van der Waals surface area contributed by atoms with Gasteiger partial charge in [-0.25, -0.2) is 13.6 Å². The fourth-order valence-electron chi connectivity index (χ4n) is 3.21. The van der Waals surface area contributed by atoms with Crippen molar-refractivity contribution >= 4 is 17.6 Å². The number of urea groups is 1. The van der Waals surface area contributed by atoms with Crippen LogP contribution in [0.1, 0.15) is 11.3 Å². The van der Waals surface area contributed by atoms with Gasteiger partial charge in [0.2, 0.25) is 5.91 Å². The van der Waals surface area contributed by atoms with E-state index in [1.54, 1.807) is 17.0 Å². The number of amides is 3. The highest BCUT2D eigenvalue weighted by Crippen LogP contribution is 2.14. The zero-order valence-corrected chi connectivity index (χ0v) is 18.0. The zero-order valence-electron chi connectivity index (χ0n) is 18.0. The molecule has 0 aliphatic rings. The monoisotopic (exact) mass is 453 g/mol. The van der Waals surface area contributed by atoms with Crippen molar-refractivity contribution in [1.82, 2.24) is 9.80 Å². The SMILES string of the molecule is C=CCN(CC(=O)N(CCc1ccccc1)Cc1ccco1)C(=O)Nc1ccc(F)c(F)c1. The van der Waals surface area contributed by atoms with E-state index < -0.39 is 17.7 Å². The van der Waals surface area contributed by atoms with Gasteiger partial charge in [-0.2, -0.15) is 0 Å². The van der Waals surface area contributed by atoms with Crippen molar-refractivity contribution < 1.29 is 22.8 Å². The Morgan fingerprint density at radius 1 is 1.00 bits per heavy atom. The van der Waals surface area contributed by atoms with E-state index in [0.717, 1.165) is 17.7 Å². The average Bonchev–Trinajstić information content (AvgIpc) is 3.32. The summed E-state index contributed by atoms with van der Waals surface area (Å²) in [7, 11) is 0. The third-order valence-electron chi connectivity index (χ3n) is 4.93. The van der Waals surface area contributed by atoms with Gasteiger partial charge >= 0.3 is 6.03 Å². The van der Waals surface area contributed by atoms with Crippen LogP contribution in [0, 0.1) is 11.6 Å². The summed E-state index contributed by atoms with van der Waals surface area (Å²) in [6.07, 6.45) is 3.66. The molecule has 0 radical (unpaired) electrons. The summed E-state index contributed by atoms with van der Waals surface area (Å²) >= 11 is 0. The quantitative estimate of drug-likeness (QED) is 0.447. The third-order valence-corrected chi connectivity index (χ3v) is 4.93. The average molecular weight is 453 g/mol. The van der Waals surface area contributed by atoms with Crippen molar-refractivity contribution in [2.75, 3.05) is 25.0 Å². The molecular weight excluding hydrogens is 428 g/mol. The molecule has 3 rings (SSSR count). The summed E-state index contributed by atoms with van der Waals surface area (Å²) in [5.74, 6) is -1.76. The predicted octanol–water partition coefficient (Wildman–Crippen LogP) is 4.85. The second kappa shape index (κ2) is 11.6. The number of furan rings is 1. The summed E-state index contributed by atoms with van der Waals surface area (Å²) in [4.78, 5) is 28.7. The molecule has 2 aromatic carbocycles. The molecule has 0 saturated carbocycles. The number of carbonyl (C=O) groups excluding carboxylic acids is 2. The van der Waals surface area contributed by atoms with E-state index in [9.17, 15) is 18.4 Å². The van der Waals surface area contributed by atoms with E-state index >= 15 is 0 Å². The first-order chi connectivity index (χ1) is 16.0. The molecule has 6 nitrogen and oxygen atoms in total. The molecular formula is C25H25F2N3O3.